The molecule has 130 valence electrons. The van der Waals surface area contributed by atoms with Crippen molar-refractivity contribution in [2.45, 2.75) is 18.9 Å². The molecule has 2 aromatic carbocycles. The molecule has 1 amide bonds. The fourth-order valence-corrected chi connectivity index (χ4v) is 2.76. The lowest BCUT2D eigenvalue weighted by Gasteiger charge is -2.29. The van der Waals surface area contributed by atoms with Crippen LogP contribution < -0.4 is 5.73 Å². The summed E-state index contributed by atoms with van der Waals surface area (Å²) in [5, 5.41) is 1.33. The van der Waals surface area contributed by atoms with Gasteiger partial charge in [-0.2, -0.15) is 0 Å². The molecule has 0 unspecified atom stereocenters. The van der Waals surface area contributed by atoms with Crippen LogP contribution in [0.3, 0.4) is 0 Å². The molecule has 0 heterocycles. The van der Waals surface area contributed by atoms with Crippen LogP contribution in [0.15, 0.2) is 48.5 Å². The van der Waals surface area contributed by atoms with Gasteiger partial charge in [0, 0.05) is 23.5 Å². The van der Waals surface area contributed by atoms with Crippen molar-refractivity contribution in [3.05, 3.63) is 69.7 Å². The van der Waals surface area contributed by atoms with Gasteiger partial charge in [0.25, 0.3) is 0 Å². The Morgan fingerprint density at radius 2 is 1.42 bits per heavy atom. The Labute approximate surface area is 159 Å². The molecule has 0 aliphatic rings. The number of nitrogens with two attached hydrogens (primary N) is 1. The Kier molecular flexibility index (Phi) is 8.57. The van der Waals surface area contributed by atoms with E-state index < -0.39 is 0 Å². The molecule has 0 aliphatic carbocycles. The number of nitrogens with zero attached hydrogens (tertiary/aromatic N) is 1. The van der Waals surface area contributed by atoms with E-state index in [0.29, 0.717) is 29.4 Å². The quantitative estimate of drug-likeness (QED) is 0.780. The summed E-state index contributed by atoms with van der Waals surface area (Å²) < 4.78 is 0. The van der Waals surface area contributed by atoms with Gasteiger partial charge in [-0.1, -0.05) is 47.5 Å². The molecule has 0 fully saturated rings. The van der Waals surface area contributed by atoms with E-state index in [1.165, 1.54) is 0 Å². The average molecular weight is 388 g/mol. The smallest absolute Gasteiger partial charge is 0.223 e. The number of carbonyl (C=O) groups is 1. The first-order valence-corrected chi connectivity index (χ1v) is 8.25. The Morgan fingerprint density at radius 3 is 1.79 bits per heavy atom. The minimum atomic E-state index is -0.185. The number of carbonyl (C=O) groups excluding carboxylic acids is 1. The maximum absolute atomic E-state index is 12.4. The lowest BCUT2D eigenvalue weighted by atomic mass is 9.97. The number of hydrogen-bond donors (Lipinski definition) is 1. The van der Waals surface area contributed by atoms with Crippen molar-refractivity contribution in [3.8, 4) is 0 Å². The van der Waals surface area contributed by atoms with Gasteiger partial charge in [-0.05, 0) is 48.4 Å². The normalized spacial score (nSPS) is 10.4. The summed E-state index contributed by atoms with van der Waals surface area (Å²) in [4.78, 5) is 14.2. The highest BCUT2D eigenvalue weighted by molar-refractivity contribution is 6.30. The van der Waals surface area contributed by atoms with E-state index in [1.807, 2.05) is 55.6 Å². The SMILES string of the molecule is CN(C(=O)CCCN)C(c1ccc(Cl)cc1)c1ccc(Cl)cc1.Cl. The molecule has 0 aliphatic heterocycles. The maximum Gasteiger partial charge on any atom is 0.223 e. The van der Waals surface area contributed by atoms with Crippen molar-refractivity contribution in [1.82, 2.24) is 4.90 Å². The Morgan fingerprint density at radius 1 is 1.00 bits per heavy atom. The van der Waals surface area contributed by atoms with Gasteiger partial charge in [0.15, 0.2) is 0 Å². The summed E-state index contributed by atoms with van der Waals surface area (Å²) >= 11 is 12.0. The van der Waals surface area contributed by atoms with E-state index in [-0.39, 0.29) is 24.4 Å². The largest absolute Gasteiger partial charge is 0.335 e. The summed E-state index contributed by atoms with van der Waals surface area (Å²) in [5.41, 5.74) is 7.51. The number of halogens is 3. The molecule has 0 aromatic heterocycles. The van der Waals surface area contributed by atoms with E-state index in [1.54, 1.807) is 4.90 Å². The van der Waals surface area contributed by atoms with E-state index >= 15 is 0 Å². The first-order chi connectivity index (χ1) is 11.0. The molecular formula is C18H21Cl3N2O. The highest BCUT2D eigenvalue weighted by Gasteiger charge is 2.23. The van der Waals surface area contributed by atoms with Gasteiger partial charge in [0.2, 0.25) is 5.91 Å². The highest BCUT2D eigenvalue weighted by atomic mass is 35.5. The van der Waals surface area contributed by atoms with Gasteiger partial charge < -0.3 is 10.6 Å². The Balaban J connectivity index is 0.00000288. The number of amides is 1. The predicted octanol–water partition coefficient (Wildman–Crippen LogP) is 4.70. The van der Waals surface area contributed by atoms with Gasteiger partial charge in [-0.15, -0.1) is 12.4 Å². The number of benzene rings is 2. The fraction of sp³-hybridized carbons (Fsp3) is 0.278. The monoisotopic (exact) mass is 386 g/mol. The molecule has 24 heavy (non-hydrogen) atoms. The maximum atomic E-state index is 12.4. The van der Waals surface area contributed by atoms with Gasteiger partial charge in [0.1, 0.15) is 0 Å². The summed E-state index contributed by atoms with van der Waals surface area (Å²) in [6.45, 7) is 0.506. The lowest BCUT2D eigenvalue weighted by Crippen LogP contribution is -2.32. The van der Waals surface area contributed by atoms with Gasteiger partial charge in [-0.3, -0.25) is 4.79 Å². The molecule has 0 radical (unpaired) electrons. The van der Waals surface area contributed by atoms with Crippen LogP contribution in [0.1, 0.15) is 30.0 Å². The molecule has 2 N–H and O–H groups in total. The molecule has 0 saturated carbocycles. The van der Waals surface area contributed by atoms with Crippen LogP contribution in [-0.2, 0) is 4.79 Å². The van der Waals surface area contributed by atoms with Crippen LogP contribution in [0.5, 0.6) is 0 Å². The third-order valence-corrected chi connectivity index (χ3v) is 4.25. The van der Waals surface area contributed by atoms with Crippen LogP contribution in [0.4, 0.5) is 0 Å². The van der Waals surface area contributed by atoms with Crippen molar-refractivity contribution in [3.63, 3.8) is 0 Å². The summed E-state index contributed by atoms with van der Waals surface area (Å²) in [6.07, 6.45) is 1.11. The van der Waals surface area contributed by atoms with Crippen LogP contribution in [0.2, 0.25) is 10.0 Å². The highest BCUT2D eigenvalue weighted by Crippen LogP contribution is 2.30. The van der Waals surface area contributed by atoms with Gasteiger partial charge in [-0.25, -0.2) is 0 Å². The molecule has 2 rings (SSSR count). The fourth-order valence-electron chi connectivity index (χ4n) is 2.50. The van der Waals surface area contributed by atoms with Crippen molar-refractivity contribution in [2.75, 3.05) is 13.6 Å². The van der Waals surface area contributed by atoms with E-state index in [2.05, 4.69) is 0 Å². The second kappa shape index (κ2) is 9.90. The van der Waals surface area contributed by atoms with Crippen molar-refractivity contribution >= 4 is 41.5 Å². The van der Waals surface area contributed by atoms with Gasteiger partial charge in [0.05, 0.1) is 6.04 Å². The summed E-state index contributed by atoms with van der Waals surface area (Å²) in [7, 11) is 1.81. The topological polar surface area (TPSA) is 46.3 Å². The lowest BCUT2D eigenvalue weighted by molar-refractivity contribution is -0.131. The van der Waals surface area contributed by atoms with E-state index in [4.69, 9.17) is 28.9 Å². The van der Waals surface area contributed by atoms with Gasteiger partial charge >= 0.3 is 0 Å². The zero-order chi connectivity index (χ0) is 16.8. The molecule has 6 heteroatoms. The van der Waals surface area contributed by atoms with Crippen LogP contribution in [0, 0.1) is 0 Å². The third kappa shape index (κ3) is 5.38. The third-order valence-electron chi connectivity index (χ3n) is 3.75. The second-order valence-electron chi connectivity index (χ2n) is 5.40. The van der Waals surface area contributed by atoms with Crippen LogP contribution in [-0.4, -0.2) is 24.4 Å². The van der Waals surface area contributed by atoms with Crippen molar-refractivity contribution in [2.24, 2.45) is 5.73 Å². The molecule has 0 spiro atoms. The first kappa shape index (κ1) is 20.8. The Bertz CT molecular complexity index is 599. The van der Waals surface area contributed by atoms with Crippen LogP contribution >= 0.6 is 35.6 Å². The predicted molar refractivity (Wildman–Crippen MR) is 103 cm³/mol. The van der Waals surface area contributed by atoms with E-state index in [9.17, 15) is 4.79 Å². The summed E-state index contributed by atoms with van der Waals surface area (Å²) in [5.74, 6) is 0.0605. The number of hydrogen-bond acceptors (Lipinski definition) is 2. The molecular weight excluding hydrogens is 367 g/mol. The molecule has 0 atom stereocenters. The van der Waals surface area contributed by atoms with Crippen LogP contribution in [0.25, 0.3) is 0 Å². The zero-order valence-electron chi connectivity index (χ0n) is 13.4. The molecule has 0 saturated heterocycles. The molecule has 0 bridgehead atoms. The first-order valence-electron chi connectivity index (χ1n) is 7.49. The Hall–Kier alpha value is -1.26. The average Bonchev–Trinajstić information content (AvgIpc) is 2.56. The molecule has 2 aromatic rings. The second-order valence-corrected chi connectivity index (χ2v) is 6.28. The minimum Gasteiger partial charge on any atom is -0.335 e. The van der Waals surface area contributed by atoms with E-state index in [0.717, 1.165) is 11.1 Å². The summed E-state index contributed by atoms with van der Waals surface area (Å²) in [6, 6.07) is 14.9. The van der Waals surface area contributed by atoms with Crippen molar-refractivity contribution in [1.29, 1.82) is 0 Å². The standard InChI is InChI=1S/C18H20Cl2N2O.ClH/c1-22(17(23)3-2-12-21)18(13-4-8-15(19)9-5-13)14-6-10-16(20)11-7-14;/h4-11,18H,2-3,12,21H2,1H3;1H. The zero-order valence-corrected chi connectivity index (χ0v) is 15.7. The number of rotatable bonds is 6. The molecule has 3 nitrogen and oxygen atoms in total. The minimum absolute atomic E-state index is 0. The van der Waals surface area contributed by atoms with Crippen molar-refractivity contribution < 1.29 is 4.79 Å².